The third-order valence-electron chi connectivity index (χ3n) is 3.48. The normalized spacial score (nSPS) is 24.0. The molecule has 1 aromatic rings. The van der Waals surface area contributed by atoms with Gasteiger partial charge in [-0.25, -0.2) is 0 Å². The Balaban J connectivity index is 1.97. The molecule has 1 saturated heterocycles. The molecule has 3 rings (SSSR count). The van der Waals surface area contributed by atoms with E-state index in [0.717, 1.165) is 25.1 Å². The van der Waals surface area contributed by atoms with Gasteiger partial charge in [0.2, 0.25) is 5.91 Å². The highest BCUT2D eigenvalue weighted by Crippen LogP contribution is 2.23. The van der Waals surface area contributed by atoms with E-state index in [9.17, 15) is 9.59 Å². The Bertz CT molecular complexity index is 478. The van der Waals surface area contributed by atoms with Crippen molar-refractivity contribution >= 4 is 11.8 Å². The molecule has 1 N–H and O–H groups in total. The van der Waals surface area contributed by atoms with Crippen LogP contribution in [0.2, 0.25) is 0 Å². The van der Waals surface area contributed by atoms with Crippen LogP contribution in [0, 0.1) is 0 Å². The highest BCUT2D eigenvalue weighted by molar-refractivity contribution is 6.10. The number of hydrogen-bond donors (Lipinski definition) is 1. The van der Waals surface area contributed by atoms with Crippen molar-refractivity contribution in [2.75, 3.05) is 13.1 Å². The zero-order valence-corrected chi connectivity index (χ0v) is 9.48. The third kappa shape index (κ3) is 1.65. The second-order valence-corrected chi connectivity index (χ2v) is 4.55. The lowest BCUT2D eigenvalue weighted by atomic mass is 9.97. The van der Waals surface area contributed by atoms with E-state index < -0.39 is 0 Å². The molecule has 1 fully saturated rings. The van der Waals surface area contributed by atoms with E-state index in [0.29, 0.717) is 12.0 Å². The SMILES string of the molecule is O=C1Cc2ccccc2C(=O)N1C1CCNC1. The molecule has 0 bridgehead atoms. The van der Waals surface area contributed by atoms with Crippen LogP contribution >= 0.6 is 0 Å². The summed E-state index contributed by atoms with van der Waals surface area (Å²) in [4.78, 5) is 25.8. The zero-order chi connectivity index (χ0) is 11.8. The minimum Gasteiger partial charge on any atom is -0.315 e. The van der Waals surface area contributed by atoms with Crippen molar-refractivity contribution in [3.63, 3.8) is 0 Å². The third-order valence-corrected chi connectivity index (χ3v) is 3.48. The molecule has 1 aromatic carbocycles. The number of imide groups is 1. The maximum absolute atomic E-state index is 12.3. The molecule has 2 aliphatic heterocycles. The van der Waals surface area contributed by atoms with Gasteiger partial charge in [-0.15, -0.1) is 0 Å². The number of nitrogens with one attached hydrogen (secondary N) is 1. The van der Waals surface area contributed by atoms with Crippen LogP contribution in [0.15, 0.2) is 24.3 Å². The average Bonchev–Trinajstić information content (AvgIpc) is 2.83. The minimum absolute atomic E-state index is 0.0309. The van der Waals surface area contributed by atoms with Crippen LogP contribution in [0.5, 0.6) is 0 Å². The zero-order valence-electron chi connectivity index (χ0n) is 9.48. The standard InChI is InChI=1S/C13H14N2O2/c16-12-7-9-3-1-2-4-11(9)13(17)15(12)10-5-6-14-8-10/h1-4,10,14H,5-8H2. The van der Waals surface area contributed by atoms with Gasteiger partial charge in [0.25, 0.3) is 5.91 Å². The average molecular weight is 230 g/mol. The van der Waals surface area contributed by atoms with Crippen molar-refractivity contribution in [3.05, 3.63) is 35.4 Å². The van der Waals surface area contributed by atoms with Crippen molar-refractivity contribution in [1.82, 2.24) is 10.2 Å². The van der Waals surface area contributed by atoms with Gasteiger partial charge in [-0.2, -0.15) is 0 Å². The van der Waals surface area contributed by atoms with Crippen molar-refractivity contribution in [2.45, 2.75) is 18.9 Å². The maximum Gasteiger partial charge on any atom is 0.261 e. The molecule has 0 radical (unpaired) electrons. The fraction of sp³-hybridized carbons (Fsp3) is 0.385. The number of fused-ring (bicyclic) bond motifs is 1. The lowest BCUT2D eigenvalue weighted by molar-refractivity contribution is -0.129. The Morgan fingerprint density at radius 2 is 2.06 bits per heavy atom. The highest BCUT2D eigenvalue weighted by Gasteiger charge is 2.36. The number of carbonyl (C=O) groups is 2. The molecule has 2 aliphatic rings. The van der Waals surface area contributed by atoms with Gasteiger partial charge >= 0.3 is 0 Å². The summed E-state index contributed by atoms with van der Waals surface area (Å²) >= 11 is 0. The summed E-state index contributed by atoms with van der Waals surface area (Å²) in [6.07, 6.45) is 1.21. The minimum atomic E-state index is -0.134. The summed E-state index contributed by atoms with van der Waals surface area (Å²) in [6, 6.07) is 7.40. The van der Waals surface area contributed by atoms with E-state index in [4.69, 9.17) is 0 Å². The smallest absolute Gasteiger partial charge is 0.261 e. The first-order valence-electron chi connectivity index (χ1n) is 5.92. The highest BCUT2D eigenvalue weighted by atomic mass is 16.2. The Morgan fingerprint density at radius 3 is 2.82 bits per heavy atom. The molecule has 2 heterocycles. The quantitative estimate of drug-likeness (QED) is 0.718. The van der Waals surface area contributed by atoms with Crippen molar-refractivity contribution in [2.24, 2.45) is 0 Å². The van der Waals surface area contributed by atoms with E-state index in [1.54, 1.807) is 6.07 Å². The molecule has 1 atom stereocenters. The number of benzene rings is 1. The number of hydrogen-bond acceptors (Lipinski definition) is 3. The Kier molecular flexibility index (Phi) is 2.44. The first-order valence-corrected chi connectivity index (χ1v) is 5.92. The predicted octanol–water partition coefficient (Wildman–Crippen LogP) is 0.573. The van der Waals surface area contributed by atoms with E-state index in [1.807, 2.05) is 18.2 Å². The van der Waals surface area contributed by atoms with Crippen LogP contribution < -0.4 is 5.32 Å². The summed E-state index contributed by atoms with van der Waals surface area (Å²) in [5.74, 6) is -0.201. The summed E-state index contributed by atoms with van der Waals surface area (Å²) in [6.45, 7) is 1.60. The molecule has 0 saturated carbocycles. The molecule has 0 spiro atoms. The van der Waals surface area contributed by atoms with Crippen LogP contribution in [0.4, 0.5) is 0 Å². The van der Waals surface area contributed by atoms with E-state index in [1.165, 1.54) is 4.90 Å². The van der Waals surface area contributed by atoms with Crippen LogP contribution in [0.3, 0.4) is 0 Å². The van der Waals surface area contributed by atoms with E-state index in [2.05, 4.69) is 5.32 Å². The summed E-state index contributed by atoms with van der Waals surface area (Å²) in [7, 11) is 0. The van der Waals surface area contributed by atoms with Crippen LogP contribution in [0.25, 0.3) is 0 Å². The second kappa shape index (κ2) is 3.96. The van der Waals surface area contributed by atoms with Gasteiger partial charge in [0.15, 0.2) is 0 Å². The lowest BCUT2D eigenvalue weighted by Gasteiger charge is -2.31. The molecule has 0 aromatic heterocycles. The largest absolute Gasteiger partial charge is 0.315 e. The van der Waals surface area contributed by atoms with Crippen LogP contribution in [-0.4, -0.2) is 35.8 Å². The van der Waals surface area contributed by atoms with Gasteiger partial charge in [0.05, 0.1) is 12.5 Å². The Labute approximate surface area is 99.6 Å². The van der Waals surface area contributed by atoms with Gasteiger partial charge < -0.3 is 5.32 Å². The summed E-state index contributed by atoms with van der Waals surface area (Å²) < 4.78 is 0. The fourth-order valence-electron chi connectivity index (χ4n) is 2.60. The number of amides is 2. The molecule has 17 heavy (non-hydrogen) atoms. The lowest BCUT2D eigenvalue weighted by Crippen LogP contribution is -2.49. The number of rotatable bonds is 1. The molecule has 0 aliphatic carbocycles. The van der Waals surface area contributed by atoms with Gasteiger partial charge in [-0.3, -0.25) is 14.5 Å². The second-order valence-electron chi connectivity index (χ2n) is 4.55. The van der Waals surface area contributed by atoms with Crippen LogP contribution in [0.1, 0.15) is 22.3 Å². The van der Waals surface area contributed by atoms with E-state index in [-0.39, 0.29) is 17.9 Å². The Morgan fingerprint density at radius 1 is 1.24 bits per heavy atom. The van der Waals surface area contributed by atoms with Crippen LogP contribution in [-0.2, 0) is 11.2 Å². The van der Waals surface area contributed by atoms with Gasteiger partial charge in [-0.1, -0.05) is 18.2 Å². The fourth-order valence-corrected chi connectivity index (χ4v) is 2.60. The maximum atomic E-state index is 12.3. The van der Waals surface area contributed by atoms with E-state index >= 15 is 0 Å². The summed E-state index contributed by atoms with van der Waals surface area (Å²) in [5.41, 5.74) is 1.53. The first kappa shape index (κ1) is 10.5. The number of nitrogens with zero attached hydrogens (tertiary/aromatic N) is 1. The number of carbonyl (C=O) groups excluding carboxylic acids is 2. The summed E-state index contributed by atoms with van der Waals surface area (Å²) in [5, 5.41) is 3.19. The molecular weight excluding hydrogens is 216 g/mol. The van der Waals surface area contributed by atoms with Crippen molar-refractivity contribution in [1.29, 1.82) is 0 Å². The van der Waals surface area contributed by atoms with Gasteiger partial charge in [-0.05, 0) is 24.6 Å². The first-order chi connectivity index (χ1) is 8.27. The van der Waals surface area contributed by atoms with Crippen molar-refractivity contribution < 1.29 is 9.59 Å². The van der Waals surface area contributed by atoms with Gasteiger partial charge in [0, 0.05) is 12.1 Å². The monoisotopic (exact) mass is 230 g/mol. The topological polar surface area (TPSA) is 49.4 Å². The van der Waals surface area contributed by atoms with Gasteiger partial charge in [0.1, 0.15) is 0 Å². The predicted molar refractivity (Wildman–Crippen MR) is 62.6 cm³/mol. The molecule has 4 heteroatoms. The molecular formula is C13H14N2O2. The molecule has 88 valence electrons. The Hall–Kier alpha value is -1.68. The molecule has 1 unspecified atom stereocenters. The molecule has 4 nitrogen and oxygen atoms in total. The van der Waals surface area contributed by atoms with Crippen molar-refractivity contribution in [3.8, 4) is 0 Å². The molecule has 2 amide bonds.